The number of carbonyl (C=O) groups is 1. The maximum Gasteiger partial charge on any atom is 0.219 e. The van der Waals surface area contributed by atoms with Gasteiger partial charge in [0.1, 0.15) is 5.75 Å². The number of hydrogen-bond acceptors (Lipinski definition) is 3. The van der Waals surface area contributed by atoms with Crippen molar-refractivity contribution in [2.45, 2.75) is 26.4 Å². The molecule has 0 aliphatic heterocycles. The first-order valence-corrected chi connectivity index (χ1v) is 5.67. The van der Waals surface area contributed by atoms with Crippen molar-refractivity contribution >= 4 is 5.91 Å². The molecule has 1 atom stereocenters. The predicted molar refractivity (Wildman–Crippen MR) is 66.0 cm³/mol. The molecular formula is C13H19NO3. The molecule has 0 aliphatic carbocycles. The first kappa shape index (κ1) is 13.5. The maximum absolute atomic E-state index is 11.1. The van der Waals surface area contributed by atoms with E-state index in [-0.39, 0.29) is 12.5 Å². The van der Waals surface area contributed by atoms with Crippen LogP contribution in [-0.2, 0) is 4.79 Å². The van der Waals surface area contributed by atoms with Crippen molar-refractivity contribution in [2.24, 2.45) is 0 Å². The van der Waals surface area contributed by atoms with E-state index in [0.29, 0.717) is 6.42 Å². The fourth-order valence-electron chi connectivity index (χ4n) is 1.56. The van der Waals surface area contributed by atoms with E-state index in [1.807, 2.05) is 19.1 Å². The number of benzene rings is 1. The van der Waals surface area contributed by atoms with Crippen LogP contribution in [0.3, 0.4) is 0 Å². The Kier molecular flexibility index (Phi) is 4.97. The van der Waals surface area contributed by atoms with Crippen LogP contribution in [0.2, 0.25) is 0 Å². The zero-order valence-electron chi connectivity index (χ0n) is 10.5. The van der Waals surface area contributed by atoms with E-state index in [4.69, 9.17) is 4.74 Å². The quantitative estimate of drug-likeness (QED) is 0.817. The Bertz CT molecular complexity index is 390. The van der Waals surface area contributed by atoms with Gasteiger partial charge in [0.05, 0.1) is 13.2 Å². The summed E-state index contributed by atoms with van der Waals surface area (Å²) in [4.78, 5) is 11.1. The molecule has 1 aromatic carbocycles. The molecule has 0 fully saturated rings. The average Bonchev–Trinajstić information content (AvgIpc) is 2.35. The number of aryl methyl sites for hydroxylation is 1. The van der Waals surface area contributed by atoms with Gasteiger partial charge in [-0.3, -0.25) is 4.79 Å². The highest BCUT2D eigenvalue weighted by Gasteiger charge is 2.10. The topological polar surface area (TPSA) is 58.6 Å². The summed E-state index contributed by atoms with van der Waals surface area (Å²) < 4.78 is 5.14. The molecule has 0 aromatic heterocycles. The Morgan fingerprint density at radius 3 is 2.76 bits per heavy atom. The van der Waals surface area contributed by atoms with Gasteiger partial charge in [-0.05, 0) is 30.2 Å². The van der Waals surface area contributed by atoms with Gasteiger partial charge in [0.15, 0.2) is 0 Å². The lowest BCUT2D eigenvalue weighted by atomic mass is 10.1. The normalized spacial score (nSPS) is 12.0. The zero-order chi connectivity index (χ0) is 12.8. The summed E-state index contributed by atoms with van der Waals surface area (Å²) >= 11 is 0. The molecule has 0 heterocycles. The average molecular weight is 237 g/mol. The number of carbonyl (C=O) groups excluding carboxylic acids is 1. The molecule has 17 heavy (non-hydrogen) atoms. The van der Waals surface area contributed by atoms with Gasteiger partial charge in [-0.1, -0.05) is 13.0 Å². The van der Waals surface area contributed by atoms with Gasteiger partial charge in [0.25, 0.3) is 0 Å². The predicted octanol–water partition coefficient (Wildman–Crippen LogP) is 1.56. The van der Waals surface area contributed by atoms with E-state index in [2.05, 4.69) is 5.32 Å². The Morgan fingerprint density at radius 1 is 1.53 bits per heavy atom. The van der Waals surface area contributed by atoms with Crippen molar-refractivity contribution in [1.82, 2.24) is 5.32 Å². The van der Waals surface area contributed by atoms with Crippen LogP contribution in [0, 0.1) is 6.92 Å². The van der Waals surface area contributed by atoms with Crippen molar-refractivity contribution in [2.75, 3.05) is 13.7 Å². The van der Waals surface area contributed by atoms with E-state index < -0.39 is 6.10 Å². The van der Waals surface area contributed by atoms with Crippen LogP contribution in [0.25, 0.3) is 0 Å². The maximum atomic E-state index is 11.1. The lowest BCUT2D eigenvalue weighted by Crippen LogP contribution is -2.27. The standard InChI is InChI=1S/C13H19NO3/c1-4-13(16)14-8-11(15)10-5-6-12(17-3)9(2)7-10/h5-7,11,15H,4,8H2,1-3H3,(H,14,16). The van der Waals surface area contributed by atoms with E-state index in [9.17, 15) is 9.90 Å². The van der Waals surface area contributed by atoms with Gasteiger partial charge < -0.3 is 15.2 Å². The summed E-state index contributed by atoms with van der Waals surface area (Å²) in [6.45, 7) is 3.93. The van der Waals surface area contributed by atoms with E-state index in [0.717, 1.165) is 16.9 Å². The molecule has 94 valence electrons. The van der Waals surface area contributed by atoms with Crippen molar-refractivity contribution in [3.05, 3.63) is 29.3 Å². The van der Waals surface area contributed by atoms with Crippen molar-refractivity contribution in [3.8, 4) is 5.75 Å². The molecule has 0 saturated heterocycles. The van der Waals surface area contributed by atoms with Crippen LogP contribution in [0.4, 0.5) is 0 Å². The van der Waals surface area contributed by atoms with Gasteiger partial charge >= 0.3 is 0 Å². The number of nitrogens with one attached hydrogen (secondary N) is 1. The number of amides is 1. The smallest absolute Gasteiger partial charge is 0.219 e. The van der Waals surface area contributed by atoms with Crippen molar-refractivity contribution in [1.29, 1.82) is 0 Å². The fraction of sp³-hybridized carbons (Fsp3) is 0.462. The Balaban J connectivity index is 2.66. The summed E-state index contributed by atoms with van der Waals surface area (Å²) in [5, 5.41) is 12.6. The molecular weight excluding hydrogens is 218 g/mol. The highest BCUT2D eigenvalue weighted by atomic mass is 16.5. The molecule has 1 amide bonds. The molecule has 0 radical (unpaired) electrons. The second-order valence-electron chi connectivity index (χ2n) is 3.90. The minimum Gasteiger partial charge on any atom is -0.496 e. The molecule has 4 heteroatoms. The second-order valence-corrected chi connectivity index (χ2v) is 3.90. The van der Waals surface area contributed by atoms with Crippen LogP contribution < -0.4 is 10.1 Å². The molecule has 1 aromatic rings. The number of ether oxygens (including phenoxy) is 1. The van der Waals surface area contributed by atoms with Crippen molar-refractivity contribution in [3.63, 3.8) is 0 Å². The third-order valence-electron chi connectivity index (χ3n) is 2.62. The SMILES string of the molecule is CCC(=O)NCC(O)c1ccc(OC)c(C)c1. The van der Waals surface area contributed by atoms with Crippen molar-refractivity contribution < 1.29 is 14.6 Å². The summed E-state index contributed by atoms with van der Waals surface area (Å²) in [6, 6.07) is 5.48. The third kappa shape index (κ3) is 3.75. The number of aliphatic hydroxyl groups is 1. The lowest BCUT2D eigenvalue weighted by Gasteiger charge is -2.14. The van der Waals surface area contributed by atoms with Crippen LogP contribution in [0.1, 0.15) is 30.6 Å². The van der Waals surface area contributed by atoms with Gasteiger partial charge in [-0.2, -0.15) is 0 Å². The van der Waals surface area contributed by atoms with Crippen LogP contribution >= 0.6 is 0 Å². The summed E-state index contributed by atoms with van der Waals surface area (Å²) in [5.41, 5.74) is 1.74. The van der Waals surface area contributed by atoms with Crippen LogP contribution in [-0.4, -0.2) is 24.7 Å². The minimum atomic E-state index is -0.685. The molecule has 1 rings (SSSR count). The third-order valence-corrected chi connectivity index (χ3v) is 2.62. The van der Waals surface area contributed by atoms with Crippen LogP contribution in [0.15, 0.2) is 18.2 Å². The Labute approximate surface area is 102 Å². The van der Waals surface area contributed by atoms with Gasteiger partial charge in [0, 0.05) is 13.0 Å². The molecule has 2 N–H and O–H groups in total. The molecule has 4 nitrogen and oxygen atoms in total. The molecule has 0 bridgehead atoms. The summed E-state index contributed by atoms with van der Waals surface area (Å²) in [7, 11) is 1.61. The Hall–Kier alpha value is -1.55. The highest BCUT2D eigenvalue weighted by Crippen LogP contribution is 2.22. The number of methoxy groups -OCH3 is 1. The molecule has 1 unspecified atom stereocenters. The van der Waals surface area contributed by atoms with Gasteiger partial charge in [-0.25, -0.2) is 0 Å². The van der Waals surface area contributed by atoms with Gasteiger partial charge in [-0.15, -0.1) is 0 Å². The largest absolute Gasteiger partial charge is 0.496 e. The number of hydrogen-bond donors (Lipinski definition) is 2. The van der Waals surface area contributed by atoms with Crippen LogP contribution in [0.5, 0.6) is 5.75 Å². The van der Waals surface area contributed by atoms with E-state index in [1.165, 1.54) is 0 Å². The number of aliphatic hydroxyl groups excluding tert-OH is 1. The summed E-state index contributed by atoms with van der Waals surface area (Å²) in [6.07, 6.45) is -0.260. The zero-order valence-corrected chi connectivity index (χ0v) is 10.5. The molecule has 0 aliphatic rings. The molecule has 0 saturated carbocycles. The number of rotatable bonds is 5. The highest BCUT2D eigenvalue weighted by molar-refractivity contribution is 5.75. The summed E-state index contributed by atoms with van der Waals surface area (Å²) in [5.74, 6) is 0.729. The lowest BCUT2D eigenvalue weighted by molar-refractivity contribution is -0.121. The first-order valence-electron chi connectivity index (χ1n) is 5.67. The van der Waals surface area contributed by atoms with Gasteiger partial charge in [0.2, 0.25) is 5.91 Å². The minimum absolute atomic E-state index is 0.0608. The second kappa shape index (κ2) is 6.25. The first-order chi connectivity index (χ1) is 8.08. The molecule has 0 spiro atoms. The monoisotopic (exact) mass is 237 g/mol. The van der Waals surface area contributed by atoms with E-state index in [1.54, 1.807) is 20.1 Å². The Morgan fingerprint density at radius 2 is 2.24 bits per heavy atom. The van der Waals surface area contributed by atoms with E-state index >= 15 is 0 Å². The fourth-order valence-corrected chi connectivity index (χ4v) is 1.56.